The van der Waals surface area contributed by atoms with E-state index in [1.807, 2.05) is 13.8 Å². The standard InChI is InChI=1S/C10H13N3O3.C5H14BNO2/c1-6(2)8(10(15)16)13-9(14)7-5-11-3-4-12-7;1-4(2)3-5(7)6(8)9/h3-6,8H,1-2H3,(H,13,14)(H,15,16);4-5,8-9H,3,7H2,1-2H3/t8-;5-/m10/s1. The summed E-state index contributed by atoms with van der Waals surface area (Å²) >= 11 is 0. The van der Waals surface area contributed by atoms with Gasteiger partial charge in [0.05, 0.1) is 6.20 Å². The van der Waals surface area contributed by atoms with Gasteiger partial charge in [-0.25, -0.2) is 9.78 Å². The van der Waals surface area contributed by atoms with Crippen LogP contribution in [0.25, 0.3) is 0 Å². The van der Waals surface area contributed by atoms with Crippen LogP contribution in [0.3, 0.4) is 0 Å². The molecule has 140 valence electrons. The third-order valence-electron chi connectivity index (χ3n) is 3.14. The van der Waals surface area contributed by atoms with Crippen LogP contribution < -0.4 is 11.1 Å². The lowest BCUT2D eigenvalue weighted by Crippen LogP contribution is -2.44. The predicted octanol–water partition coefficient (Wildman–Crippen LogP) is -0.313. The van der Waals surface area contributed by atoms with Crippen molar-refractivity contribution in [3.63, 3.8) is 0 Å². The lowest BCUT2D eigenvalue weighted by molar-refractivity contribution is -0.140. The van der Waals surface area contributed by atoms with Crippen LogP contribution in [0.4, 0.5) is 0 Å². The van der Waals surface area contributed by atoms with E-state index in [1.165, 1.54) is 18.6 Å². The smallest absolute Gasteiger partial charge is 0.469 e. The van der Waals surface area contributed by atoms with E-state index in [9.17, 15) is 9.59 Å². The summed E-state index contributed by atoms with van der Waals surface area (Å²) < 4.78 is 0. The first-order valence-corrected chi connectivity index (χ1v) is 7.97. The normalized spacial score (nSPS) is 12.8. The Morgan fingerprint density at radius 3 is 2.16 bits per heavy atom. The van der Waals surface area contributed by atoms with E-state index < -0.39 is 31.0 Å². The van der Waals surface area contributed by atoms with Gasteiger partial charge in [0.25, 0.3) is 5.91 Å². The number of nitrogens with two attached hydrogens (primary N) is 1. The Bertz CT molecular complexity index is 528. The number of hydrogen-bond donors (Lipinski definition) is 5. The van der Waals surface area contributed by atoms with Crippen molar-refractivity contribution in [1.82, 2.24) is 15.3 Å². The van der Waals surface area contributed by atoms with Gasteiger partial charge >= 0.3 is 13.1 Å². The molecule has 6 N–H and O–H groups in total. The third kappa shape index (κ3) is 9.75. The number of carboxylic acids is 1. The minimum absolute atomic E-state index is 0.106. The van der Waals surface area contributed by atoms with Crippen LogP contribution in [-0.4, -0.2) is 56.1 Å². The number of rotatable bonds is 7. The fourth-order valence-corrected chi connectivity index (χ4v) is 1.81. The zero-order valence-corrected chi connectivity index (χ0v) is 15.0. The van der Waals surface area contributed by atoms with Crippen molar-refractivity contribution in [3.05, 3.63) is 24.3 Å². The second kappa shape index (κ2) is 11.5. The number of aliphatic carboxylic acids is 1. The van der Waals surface area contributed by atoms with Crippen LogP contribution in [0.2, 0.25) is 0 Å². The Labute approximate surface area is 147 Å². The summed E-state index contributed by atoms with van der Waals surface area (Å²) in [5.74, 6) is -1.87. The van der Waals surface area contributed by atoms with Crippen molar-refractivity contribution in [1.29, 1.82) is 0 Å². The zero-order chi connectivity index (χ0) is 19.6. The Hall–Kier alpha value is -2.04. The SMILES string of the molecule is CC(C)C[C@H](N)B(O)O.CC(C)[C@@H](NC(=O)c1cnccn1)C(=O)O. The van der Waals surface area contributed by atoms with E-state index in [1.54, 1.807) is 13.8 Å². The topological polar surface area (TPSA) is 159 Å². The number of carbonyl (C=O) groups excluding carboxylic acids is 1. The van der Waals surface area contributed by atoms with Gasteiger partial charge in [-0.05, 0) is 18.3 Å². The molecule has 9 nitrogen and oxygen atoms in total. The van der Waals surface area contributed by atoms with E-state index in [4.69, 9.17) is 20.9 Å². The molecule has 0 saturated heterocycles. The minimum atomic E-state index is -1.37. The molecule has 1 heterocycles. The molecule has 1 amide bonds. The van der Waals surface area contributed by atoms with Gasteiger partial charge in [0.15, 0.2) is 0 Å². The number of nitrogens with one attached hydrogen (secondary N) is 1. The van der Waals surface area contributed by atoms with Crippen molar-refractivity contribution in [2.75, 3.05) is 0 Å². The van der Waals surface area contributed by atoms with E-state index >= 15 is 0 Å². The molecular formula is C15H27BN4O5. The Kier molecular flexibility index (Phi) is 10.6. The highest BCUT2D eigenvalue weighted by Crippen LogP contribution is 2.03. The first kappa shape index (κ1) is 23.0. The molecule has 0 bridgehead atoms. The molecule has 1 aromatic rings. The molecule has 0 aliphatic heterocycles. The van der Waals surface area contributed by atoms with Crippen LogP contribution >= 0.6 is 0 Å². The van der Waals surface area contributed by atoms with E-state index in [2.05, 4.69) is 15.3 Å². The van der Waals surface area contributed by atoms with E-state index in [0.717, 1.165) is 0 Å². The highest BCUT2D eigenvalue weighted by Gasteiger charge is 2.24. The molecular weight excluding hydrogens is 327 g/mol. The molecule has 25 heavy (non-hydrogen) atoms. The van der Waals surface area contributed by atoms with Crippen LogP contribution in [0, 0.1) is 11.8 Å². The molecule has 0 fully saturated rings. The lowest BCUT2D eigenvalue weighted by atomic mass is 9.76. The summed E-state index contributed by atoms with van der Waals surface area (Å²) in [5.41, 5.74) is 5.42. The first-order chi connectivity index (χ1) is 11.6. The summed E-state index contributed by atoms with van der Waals surface area (Å²) in [4.78, 5) is 30.0. The fraction of sp³-hybridized carbons (Fsp3) is 0.600. The predicted molar refractivity (Wildman–Crippen MR) is 93.4 cm³/mol. The van der Waals surface area contributed by atoms with Crippen LogP contribution in [0.1, 0.15) is 44.6 Å². The highest BCUT2D eigenvalue weighted by molar-refractivity contribution is 6.43. The van der Waals surface area contributed by atoms with Gasteiger partial charge in [-0.15, -0.1) is 0 Å². The summed E-state index contributed by atoms with van der Waals surface area (Å²) in [5, 5.41) is 28.3. The van der Waals surface area contributed by atoms with Gasteiger partial charge in [0.1, 0.15) is 11.7 Å². The first-order valence-electron chi connectivity index (χ1n) is 7.97. The Morgan fingerprint density at radius 2 is 1.84 bits per heavy atom. The van der Waals surface area contributed by atoms with Gasteiger partial charge in [0, 0.05) is 18.3 Å². The monoisotopic (exact) mass is 354 g/mol. The van der Waals surface area contributed by atoms with E-state index in [-0.39, 0.29) is 11.6 Å². The maximum absolute atomic E-state index is 11.6. The fourth-order valence-electron chi connectivity index (χ4n) is 1.81. The number of nitrogens with zero attached hydrogens (tertiary/aromatic N) is 2. The Morgan fingerprint density at radius 1 is 1.24 bits per heavy atom. The molecule has 1 aromatic heterocycles. The summed E-state index contributed by atoms with van der Waals surface area (Å²) in [6.45, 7) is 7.41. The van der Waals surface area contributed by atoms with Gasteiger partial charge in [-0.1, -0.05) is 27.7 Å². The Balaban J connectivity index is 0.000000547. The molecule has 0 radical (unpaired) electrons. The van der Waals surface area contributed by atoms with Gasteiger partial charge in [0.2, 0.25) is 0 Å². The van der Waals surface area contributed by atoms with Gasteiger partial charge in [-0.3, -0.25) is 9.78 Å². The van der Waals surface area contributed by atoms with Gasteiger partial charge in [-0.2, -0.15) is 0 Å². The molecule has 0 unspecified atom stereocenters. The molecule has 0 aliphatic rings. The number of hydrogen-bond acceptors (Lipinski definition) is 7. The minimum Gasteiger partial charge on any atom is -0.480 e. The molecule has 0 saturated carbocycles. The average Bonchev–Trinajstić information content (AvgIpc) is 2.52. The summed E-state index contributed by atoms with van der Waals surface area (Å²) in [6.07, 6.45) is 4.75. The van der Waals surface area contributed by atoms with Crippen molar-refractivity contribution in [2.45, 2.75) is 46.1 Å². The number of aromatic nitrogens is 2. The number of carboxylic acid groups (broad SMARTS) is 1. The molecule has 0 aliphatic carbocycles. The molecule has 0 spiro atoms. The third-order valence-corrected chi connectivity index (χ3v) is 3.14. The van der Waals surface area contributed by atoms with E-state index in [0.29, 0.717) is 12.3 Å². The largest absolute Gasteiger partial charge is 0.480 e. The number of amides is 1. The van der Waals surface area contributed by atoms with Crippen molar-refractivity contribution < 1.29 is 24.7 Å². The molecule has 2 atom stereocenters. The van der Waals surface area contributed by atoms with Crippen molar-refractivity contribution >= 4 is 19.0 Å². The summed E-state index contributed by atoms with van der Waals surface area (Å²) in [6, 6.07) is -0.922. The zero-order valence-electron chi connectivity index (χ0n) is 15.0. The van der Waals surface area contributed by atoms with Crippen molar-refractivity contribution in [2.24, 2.45) is 17.6 Å². The lowest BCUT2D eigenvalue weighted by Gasteiger charge is -2.17. The maximum atomic E-state index is 11.6. The molecule has 0 aromatic carbocycles. The van der Waals surface area contributed by atoms with Gasteiger partial charge < -0.3 is 26.2 Å². The maximum Gasteiger partial charge on any atom is 0.469 e. The van der Waals surface area contributed by atoms with Crippen LogP contribution in [-0.2, 0) is 4.79 Å². The second-order valence-electron chi connectivity index (χ2n) is 6.33. The average molecular weight is 354 g/mol. The quantitative estimate of drug-likeness (QED) is 0.417. The second-order valence-corrected chi connectivity index (χ2v) is 6.33. The van der Waals surface area contributed by atoms with Crippen LogP contribution in [0.5, 0.6) is 0 Å². The summed E-state index contributed by atoms with van der Waals surface area (Å²) in [7, 11) is -1.37. The number of carbonyl (C=O) groups is 2. The van der Waals surface area contributed by atoms with Crippen molar-refractivity contribution in [3.8, 4) is 0 Å². The molecule has 1 rings (SSSR count). The highest BCUT2D eigenvalue weighted by atomic mass is 16.4. The van der Waals surface area contributed by atoms with Crippen LogP contribution in [0.15, 0.2) is 18.6 Å². The molecule has 10 heteroatoms.